The van der Waals surface area contributed by atoms with E-state index in [1.807, 2.05) is 27.9 Å². The Bertz CT molecular complexity index is 94.1. The molecule has 0 aromatic heterocycles. The number of hydrogen-bond donors (Lipinski definition) is 1. The summed E-state index contributed by atoms with van der Waals surface area (Å²) in [6.45, 7) is 8.34. The number of alkyl halides is 1. The molecule has 1 N–H and O–H groups in total. The number of ether oxygens (including phenoxy) is 1. The molecule has 0 bridgehead atoms. The standard InChI is InChI=1S/C6H11IO.C2H7N/c1-5(2)4-8-6(3)7;1-3-2/h6H,1,4H2,2-3H3;3H,1-2H3. The average Bonchev–Trinajstić information content (AvgIpc) is 1.85. The molecule has 1 unspecified atom stereocenters. The van der Waals surface area contributed by atoms with Crippen LogP contribution in [0.4, 0.5) is 0 Å². The molecule has 0 radical (unpaired) electrons. The molecule has 0 spiro atoms. The van der Waals surface area contributed by atoms with Gasteiger partial charge in [0.15, 0.2) is 0 Å². The van der Waals surface area contributed by atoms with Crippen molar-refractivity contribution in [2.75, 3.05) is 20.7 Å². The molecule has 68 valence electrons. The second-order valence-electron chi connectivity index (χ2n) is 2.31. The molecule has 0 aliphatic carbocycles. The molecule has 0 fully saturated rings. The van der Waals surface area contributed by atoms with Gasteiger partial charge in [-0.1, -0.05) is 34.7 Å². The summed E-state index contributed by atoms with van der Waals surface area (Å²) in [4.78, 5) is 0. The highest BCUT2D eigenvalue weighted by Gasteiger charge is 1.91. The van der Waals surface area contributed by atoms with Crippen LogP contribution in [0.1, 0.15) is 13.8 Å². The lowest BCUT2D eigenvalue weighted by Crippen LogP contribution is -2.00. The largest absolute Gasteiger partial charge is 0.364 e. The maximum atomic E-state index is 5.19. The van der Waals surface area contributed by atoms with E-state index in [2.05, 4.69) is 34.5 Å². The molecule has 0 aromatic rings. The number of rotatable bonds is 3. The molecule has 0 saturated carbocycles. The van der Waals surface area contributed by atoms with E-state index < -0.39 is 0 Å². The van der Waals surface area contributed by atoms with Crippen molar-refractivity contribution in [1.29, 1.82) is 0 Å². The fourth-order valence-electron chi connectivity index (χ4n) is 0.257. The van der Waals surface area contributed by atoms with Crippen molar-refractivity contribution >= 4 is 22.6 Å². The molecule has 2 nitrogen and oxygen atoms in total. The number of halogens is 1. The van der Waals surface area contributed by atoms with Gasteiger partial charge in [0.05, 0.1) is 6.61 Å². The first-order chi connectivity index (χ1) is 5.04. The van der Waals surface area contributed by atoms with E-state index in [1.54, 1.807) is 0 Å². The highest BCUT2D eigenvalue weighted by molar-refractivity contribution is 14.1. The Morgan fingerprint density at radius 1 is 1.64 bits per heavy atom. The summed E-state index contributed by atoms with van der Waals surface area (Å²) < 4.78 is 5.49. The van der Waals surface area contributed by atoms with Gasteiger partial charge < -0.3 is 10.1 Å². The van der Waals surface area contributed by atoms with Crippen LogP contribution in [-0.2, 0) is 4.74 Å². The van der Waals surface area contributed by atoms with Crippen molar-refractivity contribution < 1.29 is 4.74 Å². The molecule has 0 aliphatic heterocycles. The van der Waals surface area contributed by atoms with Gasteiger partial charge in [-0.05, 0) is 27.9 Å². The third kappa shape index (κ3) is 25.2. The summed E-state index contributed by atoms with van der Waals surface area (Å²) in [5, 5.41) is 2.75. The van der Waals surface area contributed by atoms with Crippen LogP contribution in [-0.4, -0.2) is 24.8 Å². The predicted molar refractivity (Wildman–Crippen MR) is 59.2 cm³/mol. The number of nitrogens with one attached hydrogen (secondary N) is 1. The summed E-state index contributed by atoms with van der Waals surface area (Å²) >= 11 is 2.21. The molecule has 1 atom stereocenters. The van der Waals surface area contributed by atoms with E-state index in [0.29, 0.717) is 10.7 Å². The molecule has 0 rings (SSSR count). The summed E-state index contributed by atoms with van der Waals surface area (Å²) in [7, 11) is 3.75. The second kappa shape index (κ2) is 10.4. The van der Waals surface area contributed by atoms with Crippen molar-refractivity contribution in [1.82, 2.24) is 5.32 Å². The summed E-state index contributed by atoms with van der Waals surface area (Å²) in [6, 6.07) is 0. The Labute approximate surface area is 83.5 Å². The van der Waals surface area contributed by atoms with Crippen LogP contribution in [0.15, 0.2) is 12.2 Å². The lowest BCUT2D eigenvalue weighted by atomic mass is 10.4. The molecule has 0 aliphatic rings. The topological polar surface area (TPSA) is 21.3 Å². The Morgan fingerprint density at radius 2 is 2.00 bits per heavy atom. The van der Waals surface area contributed by atoms with E-state index in [0.717, 1.165) is 5.57 Å². The lowest BCUT2D eigenvalue weighted by Gasteiger charge is -2.03. The maximum Gasteiger partial charge on any atom is 0.106 e. The summed E-state index contributed by atoms with van der Waals surface area (Å²) in [6.07, 6.45) is 0. The van der Waals surface area contributed by atoms with E-state index in [9.17, 15) is 0 Å². The third-order valence-corrected chi connectivity index (χ3v) is 0.919. The van der Waals surface area contributed by atoms with Crippen LogP contribution in [0, 0.1) is 0 Å². The van der Waals surface area contributed by atoms with Gasteiger partial charge >= 0.3 is 0 Å². The van der Waals surface area contributed by atoms with Crippen molar-refractivity contribution in [3.63, 3.8) is 0 Å². The van der Waals surface area contributed by atoms with Crippen LogP contribution in [0.25, 0.3) is 0 Å². The first-order valence-corrected chi connectivity index (χ1v) is 4.77. The Balaban J connectivity index is 0. The molecule has 11 heavy (non-hydrogen) atoms. The molecular weight excluding hydrogens is 253 g/mol. The van der Waals surface area contributed by atoms with E-state index in [1.165, 1.54) is 0 Å². The SMILES string of the molecule is C=C(C)COC(C)I.CNC. The molecule has 0 heterocycles. The fourth-order valence-corrected chi connectivity index (χ4v) is 0.437. The van der Waals surface area contributed by atoms with Crippen molar-refractivity contribution in [2.45, 2.75) is 18.0 Å². The summed E-state index contributed by atoms with van der Waals surface area (Å²) in [5.74, 6) is 0. The molecular formula is C8H18INO. The van der Waals surface area contributed by atoms with Crippen LogP contribution in [0.3, 0.4) is 0 Å². The van der Waals surface area contributed by atoms with Gasteiger partial charge in [0.2, 0.25) is 0 Å². The van der Waals surface area contributed by atoms with Crippen LogP contribution >= 0.6 is 22.6 Å². The van der Waals surface area contributed by atoms with E-state index in [-0.39, 0.29) is 0 Å². The minimum Gasteiger partial charge on any atom is -0.364 e. The Morgan fingerprint density at radius 3 is 2.09 bits per heavy atom. The van der Waals surface area contributed by atoms with Crippen LogP contribution < -0.4 is 5.32 Å². The highest BCUT2D eigenvalue weighted by atomic mass is 127. The zero-order chi connectivity index (χ0) is 9.28. The lowest BCUT2D eigenvalue weighted by molar-refractivity contribution is 0.157. The Hall–Kier alpha value is 0.390. The first-order valence-electron chi connectivity index (χ1n) is 3.53. The first kappa shape index (κ1) is 13.9. The molecule has 3 heteroatoms. The predicted octanol–water partition coefficient (Wildman–Crippen LogP) is 2.20. The van der Waals surface area contributed by atoms with Gasteiger partial charge in [-0.15, -0.1) is 0 Å². The van der Waals surface area contributed by atoms with Gasteiger partial charge in [-0.3, -0.25) is 0 Å². The highest BCUT2D eigenvalue weighted by Crippen LogP contribution is 2.01. The van der Waals surface area contributed by atoms with Crippen molar-refractivity contribution in [3.8, 4) is 0 Å². The van der Waals surface area contributed by atoms with Crippen molar-refractivity contribution in [2.24, 2.45) is 0 Å². The van der Waals surface area contributed by atoms with Gasteiger partial charge in [0, 0.05) is 0 Å². The van der Waals surface area contributed by atoms with Crippen LogP contribution in [0.2, 0.25) is 0 Å². The normalized spacial score (nSPS) is 11.4. The Kier molecular flexibility index (Phi) is 13.2. The third-order valence-electron chi connectivity index (χ3n) is 0.559. The minimum absolute atomic E-state index is 0.296. The second-order valence-corrected chi connectivity index (χ2v) is 4.07. The fraction of sp³-hybridized carbons (Fsp3) is 0.750. The molecule has 0 amide bonds. The smallest absolute Gasteiger partial charge is 0.106 e. The quantitative estimate of drug-likeness (QED) is 0.482. The number of hydrogen-bond acceptors (Lipinski definition) is 2. The van der Waals surface area contributed by atoms with Gasteiger partial charge in [0.1, 0.15) is 4.11 Å². The van der Waals surface area contributed by atoms with Crippen LogP contribution in [0.5, 0.6) is 0 Å². The zero-order valence-corrected chi connectivity index (χ0v) is 9.94. The summed E-state index contributed by atoms with van der Waals surface area (Å²) in [5.41, 5.74) is 1.08. The van der Waals surface area contributed by atoms with E-state index >= 15 is 0 Å². The van der Waals surface area contributed by atoms with Gasteiger partial charge in [0.25, 0.3) is 0 Å². The van der Waals surface area contributed by atoms with Gasteiger partial charge in [-0.25, -0.2) is 0 Å². The van der Waals surface area contributed by atoms with Gasteiger partial charge in [-0.2, -0.15) is 0 Å². The minimum atomic E-state index is 0.296. The van der Waals surface area contributed by atoms with Crippen molar-refractivity contribution in [3.05, 3.63) is 12.2 Å². The average molecular weight is 271 g/mol. The zero-order valence-electron chi connectivity index (χ0n) is 7.78. The molecule has 0 saturated heterocycles. The van der Waals surface area contributed by atoms with E-state index in [4.69, 9.17) is 4.74 Å². The molecule has 0 aromatic carbocycles. The maximum absolute atomic E-state index is 5.19. The monoisotopic (exact) mass is 271 g/mol.